The molecule has 0 fully saturated rings. The second kappa shape index (κ2) is 9.28. The Bertz CT molecular complexity index is 759. The number of carbonyl (C=O) groups excluding carboxylic acids is 2. The van der Waals surface area contributed by atoms with Crippen molar-refractivity contribution in [1.29, 1.82) is 0 Å². The van der Waals surface area contributed by atoms with E-state index in [9.17, 15) is 9.59 Å². The van der Waals surface area contributed by atoms with Crippen molar-refractivity contribution in [2.45, 2.75) is 32.1 Å². The first-order valence-corrected chi connectivity index (χ1v) is 9.36. The Balaban J connectivity index is 1.84. The molecule has 2 amide bonds. The zero-order valence-electron chi connectivity index (χ0n) is 14.9. The van der Waals surface area contributed by atoms with Gasteiger partial charge in [0.2, 0.25) is 5.91 Å². The van der Waals surface area contributed by atoms with Crippen molar-refractivity contribution < 1.29 is 9.59 Å². The number of rotatable bonds is 7. The first-order chi connectivity index (χ1) is 12.0. The molecule has 0 spiro atoms. The second-order valence-electron chi connectivity index (χ2n) is 5.83. The van der Waals surface area contributed by atoms with E-state index in [0.717, 1.165) is 0 Å². The highest BCUT2D eigenvalue weighted by molar-refractivity contribution is 7.99. The van der Waals surface area contributed by atoms with Crippen molar-refractivity contribution in [1.82, 2.24) is 5.32 Å². The molecule has 5 heteroatoms. The molecule has 0 bridgehead atoms. The summed E-state index contributed by atoms with van der Waals surface area (Å²) >= 11 is 1.67. The fraction of sp³-hybridized carbons (Fsp3) is 0.300. The van der Waals surface area contributed by atoms with E-state index in [4.69, 9.17) is 0 Å². The van der Waals surface area contributed by atoms with Crippen LogP contribution in [0.5, 0.6) is 0 Å². The quantitative estimate of drug-likeness (QED) is 0.732. The predicted molar refractivity (Wildman–Crippen MR) is 104 cm³/mol. The highest BCUT2D eigenvalue weighted by Gasteiger charge is 2.07. The van der Waals surface area contributed by atoms with E-state index >= 15 is 0 Å². The number of hydrogen-bond donors (Lipinski definition) is 2. The van der Waals surface area contributed by atoms with Crippen LogP contribution in [0.2, 0.25) is 0 Å². The van der Waals surface area contributed by atoms with Gasteiger partial charge >= 0.3 is 0 Å². The number of hydrogen-bond acceptors (Lipinski definition) is 3. The summed E-state index contributed by atoms with van der Waals surface area (Å²) < 4.78 is 0. The molecule has 4 nitrogen and oxygen atoms in total. The lowest BCUT2D eigenvalue weighted by atomic mass is 10.1. The molecule has 132 valence electrons. The number of aryl methyl sites for hydroxylation is 2. The van der Waals surface area contributed by atoms with Gasteiger partial charge in [0.25, 0.3) is 5.91 Å². The van der Waals surface area contributed by atoms with Crippen molar-refractivity contribution in [3.05, 3.63) is 59.2 Å². The van der Waals surface area contributed by atoms with Gasteiger partial charge in [-0.2, -0.15) is 0 Å². The monoisotopic (exact) mass is 356 g/mol. The van der Waals surface area contributed by atoms with E-state index in [2.05, 4.69) is 42.7 Å². The second-order valence-corrected chi connectivity index (χ2v) is 7.00. The Morgan fingerprint density at radius 2 is 1.84 bits per heavy atom. The highest BCUT2D eigenvalue weighted by atomic mass is 32.2. The number of carbonyl (C=O) groups is 2. The van der Waals surface area contributed by atoms with Gasteiger partial charge in [-0.3, -0.25) is 9.59 Å². The van der Waals surface area contributed by atoms with E-state index in [-0.39, 0.29) is 11.8 Å². The number of nitrogens with one attached hydrogen (secondary N) is 2. The minimum Gasteiger partial charge on any atom is -0.352 e. The van der Waals surface area contributed by atoms with Crippen LogP contribution in [0, 0.1) is 13.8 Å². The minimum atomic E-state index is -0.135. The third kappa shape index (κ3) is 5.94. The molecule has 0 aromatic heterocycles. The Kier molecular flexibility index (Phi) is 7.07. The van der Waals surface area contributed by atoms with Gasteiger partial charge in [-0.25, -0.2) is 0 Å². The zero-order valence-corrected chi connectivity index (χ0v) is 15.7. The summed E-state index contributed by atoms with van der Waals surface area (Å²) in [6.07, 6.45) is 0.420. The molecule has 0 unspecified atom stereocenters. The average molecular weight is 356 g/mol. The van der Waals surface area contributed by atoms with E-state index < -0.39 is 0 Å². The van der Waals surface area contributed by atoms with Gasteiger partial charge in [-0.15, -0.1) is 11.8 Å². The largest absolute Gasteiger partial charge is 0.352 e. The standard InChI is InChI=1S/C20H24N2O2S/c1-4-21-20(24)16-6-5-7-17(13-16)22-19(23)10-11-25-18-9-8-14(2)15(3)12-18/h5-9,12-13H,4,10-11H2,1-3H3,(H,21,24)(H,22,23). The highest BCUT2D eigenvalue weighted by Crippen LogP contribution is 2.22. The fourth-order valence-electron chi connectivity index (χ4n) is 2.29. The molecular weight excluding hydrogens is 332 g/mol. The fourth-order valence-corrected chi connectivity index (χ4v) is 3.24. The van der Waals surface area contributed by atoms with E-state index in [1.165, 1.54) is 16.0 Å². The third-order valence-corrected chi connectivity index (χ3v) is 4.82. The maximum absolute atomic E-state index is 12.1. The van der Waals surface area contributed by atoms with Gasteiger partial charge in [0.1, 0.15) is 0 Å². The summed E-state index contributed by atoms with van der Waals surface area (Å²) in [5.41, 5.74) is 3.72. The van der Waals surface area contributed by atoms with Crippen LogP contribution < -0.4 is 10.6 Å². The van der Waals surface area contributed by atoms with Crippen molar-refractivity contribution in [2.75, 3.05) is 17.6 Å². The van der Waals surface area contributed by atoms with Gasteiger partial charge in [0.15, 0.2) is 0 Å². The first kappa shape index (κ1) is 19.1. The van der Waals surface area contributed by atoms with Crippen LogP contribution in [0.3, 0.4) is 0 Å². The molecule has 2 aromatic rings. The van der Waals surface area contributed by atoms with Crippen LogP contribution in [-0.2, 0) is 4.79 Å². The predicted octanol–water partition coefficient (Wildman–Crippen LogP) is 4.17. The van der Waals surface area contributed by atoms with Crippen molar-refractivity contribution in [3.8, 4) is 0 Å². The molecule has 0 heterocycles. The molecule has 2 rings (SSSR count). The summed E-state index contributed by atoms with van der Waals surface area (Å²) in [5, 5.41) is 5.60. The zero-order chi connectivity index (χ0) is 18.2. The number of amides is 2. The average Bonchev–Trinajstić information content (AvgIpc) is 2.58. The molecular formula is C20H24N2O2S. The van der Waals surface area contributed by atoms with Crippen LogP contribution in [-0.4, -0.2) is 24.1 Å². The van der Waals surface area contributed by atoms with Crippen molar-refractivity contribution in [3.63, 3.8) is 0 Å². The Morgan fingerprint density at radius 1 is 1.04 bits per heavy atom. The van der Waals surface area contributed by atoms with Crippen molar-refractivity contribution in [2.24, 2.45) is 0 Å². The minimum absolute atomic E-state index is 0.0515. The molecule has 25 heavy (non-hydrogen) atoms. The maximum atomic E-state index is 12.1. The normalized spacial score (nSPS) is 10.4. The lowest BCUT2D eigenvalue weighted by Crippen LogP contribution is -2.22. The number of anilines is 1. The Hall–Kier alpha value is -2.27. The van der Waals surface area contributed by atoms with Gasteiger partial charge in [0, 0.05) is 34.9 Å². The molecule has 0 saturated heterocycles. The molecule has 2 N–H and O–H groups in total. The third-order valence-electron chi connectivity index (χ3n) is 3.82. The van der Waals surface area contributed by atoms with Gasteiger partial charge in [-0.1, -0.05) is 12.1 Å². The summed E-state index contributed by atoms with van der Waals surface area (Å²) in [6.45, 7) is 6.63. The SMILES string of the molecule is CCNC(=O)c1cccc(NC(=O)CCSc2ccc(C)c(C)c2)c1. The lowest BCUT2D eigenvalue weighted by Gasteiger charge is -2.08. The van der Waals surface area contributed by atoms with Crippen molar-refractivity contribution >= 4 is 29.3 Å². The topological polar surface area (TPSA) is 58.2 Å². The van der Waals surface area contributed by atoms with Crippen LogP contribution >= 0.6 is 11.8 Å². The smallest absolute Gasteiger partial charge is 0.251 e. The maximum Gasteiger partial charge on any atom is 0.251 e. The summed E-state index contributed by atoms with van der Waals surface area (Å²) in [4.78, 5) is 25.1. The summed E-state index contributed by atoms with van der Waals surface area (Å²) in [5.74, 6) is 0.526. The lowest BCUT2D eigenvalue weighted by molar-refractivity contribution is -0.115. The Morgan fingerprint density at radius 3 is 2.56 bits per heavy atom. The van der Waals surface area contributed by atoms with Crippen LogP contribution in [0.25, 0.3) is 0 Å². The summed E-state index contributed by atoms with van der Waals surface area (Å²) in [6, 6.07) is 13.3. The van der Waals surface area contributed by atoms with Crippen LogP contribution in [0.1, 0.15) is 34.8 Å². The van der Waals surface area contributed by atoms with Gasteiger partial charge < -0.3 is 10.6 Å². The molecule has 0 radical (unpaired) electrons. The van der Waals surface area contributed by atoms with E-state index in [0.29, 0.717) is 30.0 Å². The molecule has 0 aliphatic rings. The molecule has 2 aromatic carbocycles. The molecule has 0 atom stereocenters. The van der Waals surface area contributed by atoms with E-state index in [1.54, 1.807) is 36.0 Å². The molecule has 0 aliphatic carbocycles. The van der Waals surface area contributed by atoms with Crippen LogP contribution in [0.4, 0.5) is 5.69 Å². The van der Waals surface area contributed by atoms with Gasteiger partial charge in [-0.05, 0) is 62.2 Å². The molecule has 0 saturated carbocycles. The molecule has 0 aliphatic heterocycles. The first-order valence-electron chi connectivity index (χ1n) is 8.37. The van der Waals surface area contributed by atoms with E-state index in [1.807, 2.05) is 6.92 Å². The number of thioether (sulfide) groups is 1. The number of benzene rings is 2. The van der Waals surface area contributed by atoms with Gasteiger partial charge in [0.05, 0.1) is 0 Å². The summed E-state index contributed by atoms with van der Waals surface area (Å²) in [7, 11) is 0. The van der Waals surface area contributed by atoms with Crippen LogP contribution in [0.15, 0.2) is 47.4 Å². The Labute approximate surface area is 153 Å².